The highest BCUT2D eigenvalue weighted by Gasteiger charge is 2.27. The number of benzene rings is 1. The summed E-state index contributed by atoms with van der Waals surface area (Å²) in [6.45, 7) is 3.72. The van der Waals surface area contributed by atoms with Gasteiger partial charge < -0.3 is 10.1 Å². The summed E-state index contributed by atoms with van der Waals surface area (Å²) in [4.78, 5) is 12.6. The molecule has 236 valence electrons. The first-order valence-corrected chi connectivity index (χ1v) is 18.3. The molecule has 1 aliphatic heterocycles. The predicted molar refractivity (Wildman–Crippen MR) is 179 cm³/mol. The number of anilines is 1. The molecule has 1 unspecified atom stereocenters. The topological polar surface area (TPSA) is 38.3 Å². The largest absolute Gasteiger partial charge is 0.465 e. The molecular weight excluding hydrogens is 502 g/mol. The lowest BCUT2D eigenvalue weighted by Gasteiger charge is -2.25. The summed E-state index contributed by atoms with van der Waals surface area (Å²) < 4.78 is 5.63. The van der Waals surface area contributed by atoms with Gasteiger partial charge in [0.05, 0.1) is 12.5 Å². The van der Waals surface area contributed by atoms with Crippen LogP contribution in [0, 0.1) is 0 Å². The average Bonchev–Trinajstić information content (AvgIpc) is 3.00. The number of unbranched alkanes of at least 4 members (excludes halogenated alkanes) is 25. The number of fused-ring (bicyclic) bond motifs is 1. The van der Waals surface area contributed by atoms with Crippen LogP contribution < -0.4 is 5.32 Å². The number of para-hydroxylation sites is 1. The molecule has 2 rings (SSSR count). The van der Waals surface area contributed by atoms with Crippen LogP contribution in [-0.4, -0.2) is 19.1 Å². The van der Waals surface area contributed by atoms with Gasteiger partial charge >= 0.3 is 5.97 Å². The molecule has 1 aromatic rings. The molecule has 0 spiro atoms. The van der Waals surface area contributed by atoms with E-state index in [1.807, 2.05) is 12.1 Å². The Kier molecular flexibility index (Phi) is 22.8. The summed E-state index contributed by atoms with van der Waals surface area (Å²) in [6.07, 6.45) is 37.4. The van der Waals surface area contributed by atoms with Crippen LogP contribution in [0.25, 0.3) is 0 Å². The second kappa shape index (κ2) is 26.1. The molecule has 1 atom stereocenters. The average molecular weight is 570 g/mol. The number of carbonyl (C=O) groups is 1. The third-order valence-electron chi connectivity index (χ3n) is 9.11. The van der Waals surface area contributed by atoms with Crippen LogP contribution >= 0.6 is 0 Å². The van der Waals surface area contributed by atoms with Gasteiger partial charge in [0.15, 0.2) is 0 Å². The van der Waals surface area contributed by atoms with Gasteiger partial charge in [0, 0.05) is 12.2 Å². The maximum Gasteiger partial charge on any atom is 0.313 e. The molecule has 1 aromatic carbocycles. The highest BCUT2D eigenvalue weighted by atomic mass is 16.5. The highest BCUT2D eigenvalue weighted by molar-refractivity contribution is 5.81. The molecule has 3 nitrogen and oxygen atoms in total. The molecule has 0 bridgehead atoms. The molecule has 1 N–H and O–H groups in total. The van der Waals surface area contributed by atoms with Crippen LogP contribution in [0.15, 0.2) is 24.3 Å². The fraction of sp³-hybridized carbons (Fsp3) is 0.816. The molecule has 1 aliphatic rings. The van der Waals surface area contributed by atoms with E-state index in [-0.39, 0.29) is 11.9 Å². The van der Waals surface area contributed by atoms with E-state index in [1.165, 1.54) is 161 Å². The molecule has 0 saturated carbocycles. The summed E-state index contributed by atoms with van der Waals surface area (Å²) in [5, 5.41) is 3.38. The molecule has 0 aromatic heterocycles. The van der Waals surface area contributed by atoms with E-state index in [1.54, 1.807) is 0 Å². The Bertz CT molecular complexity index is 733. The molecule has 0 amide bonds. The zero-order valence-corrected chi connectivity index (χ0v) is 27.2. The normalized spacial score (nSPS) is 14.5. The van der Waals surface area contributed by atoms with Crippen molar-refractivity contribution < 1.29 is 9.53 Å². The van der Waals surface area contributed by atoms with Gasteiger partial charge in [-0.05, 0) is 24.5 Å². The summed E-state index contributed by atoms with van der Waals surface area (Å²) in [5.74, 6) is -0.143. The Morgan fingerprint density at radius 2 is 1.00 bits per heavy atom. The number of carbonyl (C=O) groups excluding carboxylic acids is 1. The molecule has 0 radical (unpaired) electrons. The van der Waals surface area contributed by atoms with E-state index in [0.29, 0.717) is 6.61 Å². The lowest BCUT2D eigenvalue weighted by Crippen LogP contribution is -2.24. The summed E-state index contributed by atoms with van der Waals surface area (Å²) in [7, 11) is 0. The van der Waals surface area contributed by atoms with E-state index >= 15 is 0 Å². The van der Waals surface area contributed by atoms with E-state index in [2.05, 4.69) is 24.4 Å². The van der Waals surface area contributed by atoms with Crippen molar-refractivity contribution >= 4 is 11.7 Å². The number of rotatable bonds is 28. The van der Waals surface area contributed by atoms with Gasteiger partial charge in [-0.2, -0.15) is 0 Å². The van der Waals surface area contributed by atoms with Crippen molar-refractivity contribution in [3.05, 3.63) is 29.8 Å². The minimum Gasteiger partial charge on any atom is -0.465 e. The number of esters is 1. The van der Waals surface area contributed by atoms with Crippen LogP contribution in [0.1, 0.15) is 192 Å². The molecule has 0 aliphatic carbocycles. The lowest BCUT2D eigenvalue weighted by molar-refractivity contribution is -0.145. The number of hydrogen-bond acceptors (Lipinski definition) is 3. The highest BCUT2D eigenvalue weighted by Crippen LogP contribution is 2.32. The third-order valence-corrected chi connectivity index (χ3v) is 9.11. The van der Waals surface area contributed by atoms with Crippen molar-refractivity contribution in [2.75, 3.05) is 18.5 Å². The Morgan fingerprint density at radius 3 is 1.44 bits per heavy atom. The molecule has 0 fully saturated rings. The van der Waals surface area contributed by atoms with Gasteiger partial charge in [-0.25, -0.2) is 0 Å². The summed E-state index contributed by atoms with van der Waals surface area (Å²) in [5.41, 5.74) is 2.18. The van der Waals surface area contributed by atoms with Gasteiger partial charge in [-0.3, -0.25) is 4.79 Å². The van der Waals surface area contributed by atoms with Crippen molar-refractivity contribution in [3.63, 3.8) is 0 Å². The zero-order valence-electron chi connectivity index (χ0n) is 27.2. The fourth-order valence-electron chi connectivity index (χ4n) is 6.40. The minimum atomic E-state index is -0.100. The maximum atomic E-state index is 12.6. The van der Waals surface area contributed by atoms with Crippen molar-refractivity contribution in [2.45, 2.75) is 186 Å². The van der Waals surface area contributed by atoms with Crippen molar-refractivity contribution in [1.82, 2.24) is 0 Å². The third kappa shape index (κ3) is 18.6. The molecular formula is C38H67NO2. The van der Waals surface area contributed by atoms with Crippen LogP contribution in [-0.2, 0) is 9.53 Å². The van der Waals surface area contributed by atoms with Crippen LogP contribution in [0.3, 0.4) is 0 Å². The quantitative estimate of drug-likeness (QED) is 0.0805. The van der Waals surface area contributed by atoms with Crippen LogP contribution in [0.4, 0.5) is 5.69 Å². The number of nitrogens with one attached hydrogen (secondary N) is 1. The summed E-state index contributed by atoms with van der Waals surface area (Å²) >= 11 is 0. The second-order valence-electron chi connectivity index (χ2n) is 12.9. The van der Waals surface area contributed by atoms with Gasteiger partial charge in [-0.1, -0.05) is 186 Å². The standard InChI is InChI=1S/C38H67NO2/c1-2-3-4-5-6-7-8-9-10-11-12-13-14-15-16-17-18-19-20-21-22-23-24-25-26-29-34-41-38(40)36-32-33-39-37-31-28-27-30-35(36)37/h27-28,30-31,36,39H,2-26,29,32-34H2,1H3. The first-order chi connectivity index (χ1) is 20.3. The van der Waals surface area contributed by atoms with E-state index < -0.39 is 0 Å². The number of hydrogen-bond donors (Lipinski definition) is 1. The van der Waals surface area contributed by atoms with Gasteiger partial charge in [-0.15, -0.1) is 0 Å². The smallest absolute Gasteiger partial charge is 0.313 e. The Balaban J connectivity index is 1.23. The lowest BCUT2D eigenvalue weighted by atomic mass is 9.91. The zero-order chi connectivity index (χ0) is 29.1. The second-order valence-corrected chi connectivity index (χ2v) is 12.9. The van der Waals surface area contributed by atoms with Gasteiger partial charge in [0.2, 0.25) is 0 Å². The van der Waals surface area contributed by atoms with E-state index in [0.717, 1.165) is 30.6 Å². The molecule has 41 heavy (non-hydrogen) atoms. The van der Waals surface area contributed by atoms with Crippen molar-refractivity contribution in [2.24, 2.45) is 0 Å². The summed E-state index contributed by atoms with van der Waals surface area (Å²) in [6, 6.07) is 8.13. The molecule has 0 saturated heterocycles. The fourth-order valence-corrected chi connectivity index (χ4v) is 6.40. The van der Waals surface area contributed by atoms with Gasteiger partial charge in [0.1, 0.15) is 0 Å². The SMILES string of the molecule is CCCCCCCCCCCCCCCCCCCCCCCCCCCCOC(=O)C1CCNc2ccccc21. The predicted octanol–water partition coefficient (Wildman–Crippen LogP) is 12.3. The first-order valence-electron chi connectivity index (χ1n) is 18.3. The number of ether oxygens (including phenoxy) is 1. The maximum absolute atomic E-state index is 12.6. The molecule has 1 heterocycles. The van der Waals surface area contributed by atoms with Crippen molar-refractivity contribution in [3.8, 4) is 0 Å². The van der Waals surface area contributed by atoms with E-state index in [4.69, 9.17) is 4.74 Å². The van der Waals surface area contributed by atoms with Crippen LogP contribution in [0.5, 0.6) is 0 Å². The molecule has 3 heteroatoms. The van der Waals surface area contributed by atoms with Gasteiger partial charge in [0.25, 0.3) is 0 Å². The van der Waals surface area contributed by atoms with Crippen molar-refractivity contribution in [1.29, 1.82) is 0 Å². The Hall–Kier alpha value is -1.51. The minimum absolute atomic E-state index is 0.0430. The monoisotopic (exact) mass is 570 g/mol. The Labute approximate surface area is 255 Å². The van der Waals surface area contributed by atoms with Crippen LogP contribution in [0.2, 0.25) is 0 Å². The Morgan fingerprint density at radius 1 is 0.610 bits per heavy atom. The van der Waals surface area contributed by atoms with E-state index in [9.17, 15) is 4.79 Å². The first kappa shape index (κ1) is 35.7.